The number of rotatable bonds is 5. The lowest BCUT2D eigenvalue weighted by Gasteiger charge is -2.35. The molecule has 0 spiro atoms. The van der Waals surface area contributed by atoms with Crippen LogP contribution in [-0.4, -0.2) is 48.9 Å². The molecule has 0 N–H and O–H groups in total. The van der Waals surface area contributed by atoms with Crippen LogP contribution in [0.2, 0.25) is 0 Å². The Labute approximate surface area is 173 Å². The Kier molecular flexibility index (Phi) is 6.20. The van der Waals surface area contributed by atoms with Gasteiger partial charge < -0.3 is 4.90 Å². The third-order valence-electron chi connectivity index (χ3n) is 5.04. The van der Waals surface area contributed by atoms with Crippen molar-refractivity contribution in [3.8, 4) is 6.07 Å². The molecule has 1 saturated heterocycles. The Bertz CT molecular complexity index is 976. The number of aromatic nitrogens is 2. The molecule has 154 valence electrons. The number of hydrogen-bond acceptors (Lipinski definition) is 6. The first-order valence-electron chi connectivity index (χ1n) is 9.86. The van der Waals surface area contributed by atoms with Crippen molar-refractivity contribution in [3.63, 3.8) is 0 Å². The first-order valence-corrected chi connectivity index (χ1v) is 11.3. The van der Waals surface area contributed by atoms with Crippen LogP contribution in [0.4, 0.5) is 5.82 Å². The standard InChI is InChI=1S/C21H27N5O2S/c1-15(2)19-13-20(24-21(23-19)16(3)4)25-9-11-26(12-10-25)29(27,28)18-7-5-17(14-22)6-8-18/h5-8,13,15-16H,9-12H2,1-4H3. The number of hydrogen-bond donors (Lipinski definition) is 0. The Morgan fingerprint density at radius 2 is 1.59 bits per heavy atom. The average molecular weight is 414 g/mol. The van der Waals surface area contributed by atoms with Crippen molar-refractivity contribution < 1.29 is 8.42 Å². The molecule has 0 atom stereocenters. The molecule has 0 radical (unpaired) electrons. The van der Waals surface area contributed by atoms with Gasteiger partial charge in [0.25, 0.3) is 0 Å². The maximum Gasteiger partial charge on any atom is 0.243 e. The van der Waals surface area contributed by atoms with Crippen molar-refractivity contribution in [3.05, 3.63) is 47.4 Å². The zero-order chi connectivity index (χ0) is 21.2. The lowest BCUT2D eigenvalue weighted by Crippen LogP contribution is -2.49. The van der Waals surface area contributed by atoms with Crippen LogP contribution in [0.3, 0.4) is 0 Å². The van der Waals surface area contributed by atoms with Crippen molar-refractivity contribution in [1.29, 1.82) is 5.26 Å². The van der Waals surface area contributed by atoms with Gasteiger partial charge in [-0.2, -0.15) is 9.57 Å². The highest BCUT2D eigenvalue weighted by molar-refractivity contribution is 7.89. The number of benzene rings is 1. The fourth-order valence-corrected chi connectivity index (χ4v) is 4.62. The third kappa shape index (κ3) is 4.57. The summed E-state index contributed by atoms with van der Waals surface area (Å²) >= 11 is 0. The summed E-state index contributed by atoms with van der Waals surface area (Å²) in [6.07, 6.45) is 0. The van der Waals surface area contributed by atoms with Crippen LogP contribution in [-0.2, 0) is 10.0 Å². The van der Waals surface area contributed by atoms with E-state index in [1.807, 2.05) is 12.1 Å². The number of anilines is 1. The van der Waals surface area contributed by atoms with Crippen LogP contribution in [0.1, 0.15) is 56.6 Å². The molecule has 1 aliphatic rings. The summed E-state index contributed by atoms with van der Waals surface area (Å²) in [5, 5.41) is 8.90. The molecule has 3 rings (SSSR count). The maximum absolute atomic E-state index is 12.9. The van der Waals surface area contributed by atoms with Gasteiger partial charge >= 0.3 is 0 Å². The van der Waals surface area contributed by atoms with E-state index in [2.05, 4.69) is 37.6 Å². The molecule has 2 heterocycles. The molecule has 0 unspecified atom stereocenters. The zero-order valence-corrected chi connectivity index (χ0v) is 18.1. The summed E-state index contributed by atoms with van der Waals surface area (Å²) in [4.78, 5) is 11.7. The van der Waals surface area contributed by atoms with Crippen LogP contribution < -0.4 is 4.90 Å². The smallest absolute Gasteiger partial charge is 0.243 e. The Balaban J connectivity index is 1.77. The molecule has 29 heavy (non-hydrogen) atoms. The second kappa shape index (κ2) is 8.47. The van der Waals surface area contributed by atoms with E-state index in [4.69, 9.17) is 10.2 Å². The summed E-state index contributed by atoms with van der Waals surface area (Å²) in [7, 11) is -3.57. The summed E-state index contributed by atoms with van der Waals surface area (Å²) in [6, 6.07) is 10.1. The third-order valence-corrected chi connectivity index (χ3v) is 6.95. The molecule has 1 aromatic heterocycles. The van der Waals surface area contributed by atoms with Gasteiger partial charge in [0, 0.05) is 43.9 Å². The quantitative estimate of drug-likeness (QED) is 0.748. The highest BCUT2D eigenvalue weighted by Crippen LogP contribution is 2.24. The first-order chi connectivity index (χ1) is 13.7. The van der Waals surface area contributed by atoms with E-state index < -0.39 is 10.0 Å². The molecule has 2 aromatic rings. The van der Waals surface area contributed by atoms with Crippen LogP contribution in [0.15, 0.2) is 35.2 Å². The molecule has 0 aliphatic carbocycles. The van der Waals surface area contributed by atoms with Gasteiger partial charge in [0.15, 0.2) is 0 Å². The predicted molar refractivity (Wildman–Crippen MR) is 112 cm³/mol. The molecule has 0 saturated carbocycles. The number of sulfonamides is 1. The van der Waals surface area contributed by atoms with E-state index >= 15 is 0 Å². The molecule has 0 bridgehead atoms. The van der Waals surface area contributed by atoms with Crippen molar-refractivity contribution in [1.82, 2.24) is 14.3 Å². The molecule has 7 nitrogen and oxygen atoms in total. The maximum atomic E-state index is 12.9. The van der Waals surface area contributed by atoms with Gasteiger partial charge in [-0.25, -0.2) is 18.4 Å². The van der Waals surface area contributed by atoms with Gasteiger partial charge in [0.05, 0.1) is 16.5 Å². The lowest BCUT2D eigenvalue weighted by molar-refractivity contribution is 0.383. The minimum atomic E-state index is -3.57. The minimum Gasteiger partial charge on any atom is -0.354 e. The second-order valence-electron chi connectivity index (χ2n) is 7.85. The van der Waals surface area contributed by atoms with E-state index in [1.165, 1.54) is 28.6 Å². The van der Waals surface area contributed by atoms with E-state index in [0.29, 0.717) is 37.7 Å². The van der Waals surface area contributed by atoms with Gasteiger partial charge in [-0.15, -0.1) is 0 Å². The molecular formula is C21H27N5O2S. The van der Waals surface area contributed by atoms with Crippen molar-refractivity contribution in [2.45, 2.75) is 44.4 Å². The number of piperazine rings is 1. The minimum absolute atomic E-state index is 0.219. The molecule has 1 aliphatic heterocycles. The summed E-state index contributed by atoms with van der Waals surface area (Å²) in [5.74, 6) is 2.21. The van der Waals surface area contributed by atoms with Crippen LogP contribution in [0, 0.1) is 11.3 Å². The Morgan fingerprint density at radius 1 is 0.966 bits per heavy atom. The predicted octanol–water partition coefficient (Wildman–Crippen LogP) is 3.11. The van der Waals surface area contributed by atoms with E-state index in [9.17, 15) is 8.42 Å². The topological polar surface area (TPSA) is 90.2 Å². The van der Waals surface area contributed by atoms with Crippen LogP contribution in [0.25, 0.3) is 0 Å². The van der Waals surface area contributed by atoms with E-state index in [-0.39, 0.29) is 10.8 Å². The van der Waals surface area contributed by atoms with Crippen molar-refractivity contribution in [2.24, 2.45) is 0 Å². The fraction of sp³-hybridized carbons (Fsp3) is 0.476. The van der Waals surface area contributed by atoms with Crippen molar-refractivity contribution >= 4 is 15.8 Å². The fourth-order valence-electron chi connectivity index (χ4n) is 3.20. The number of nitrogens with zero attached hydrogens (tertiary/aromatic N) is 5. The van der Waals surface area contributed by atoms with Gasteiger partial charge in [-0.1, -0.05) is 27.7 Å². The lowest BCUT2D eigenvalue weighted by atomic mass is 10.1. The molecule has 0 amide bonds. The normalized spacial score (nSPS) is 15.7. The number of nitriles is 1. The molecule has 1 fully saturated rings. The van der Waals surface area contributed by atoms with Crippen molar-refractivity contribution in [2.75, 3.05) is 31.1 Å². The largest absolute Gasteiger partial charge is 0.354 e. The zero-order valence-electron chi connectivity index (χ0n) is 17.3. The van der Waals surface area contributed by atoms with Gasteiger partial charge in [0.2, 0.25) is 10.0 Å². The monoisotopic (exact) mass is 413 g/mol. The molecule has 1 aromatic carbocycles. The second-order valence-corrected chi connectivity index (χ2v) is 9.78. The van der Waals surface area contributed by atoms with Gasteiger partial charge in [0.1, 0.15) is 11.6 Å². The highest BCUT2D eigenvalue weighted by atomic mass is 32.2. The Hall–Kier alpha value is -2.50. The van der Waals surface area contributed by atoms with Crippen LogP contribution >= 0.6 is 0 Å². The van der Waals surface area contributed by atoms with Crippen LogP contribution in [0.5, 0.6) is 0 Å². The van der Waals surface area contributed by atoms with E-state index in [0.717, 1.165) is 17.3 Å². The molecule has 8 heteroatoms. The summed E-state index contributed by atoms with van der Waals surface area (Å²) in [6.45, 7) is 10.3. The van der Waals surface area contributed by atoms with E-state index in [1.54, 1.807) is 0 Å². The Morgan fingerprint density at radius 3 is 2.10 bits per heavy atom. The summed E-state index contributed by atoms with van der Waals surface area (Å²) < 4.78 is 27.3. The molecular weight excluding hydrogens is 386 g/mol. The highest BCUT2D eigenvalue weighted by Gasteiger charge is 2.29. The average Bonchev–Trinajstić information content (AvgIpc) is 2.73. The summed E-state index contributed by atoms with van der Waals surface area (Å²) in [5.41, 5.74) is 1.45. The van der Waals surface area contributed by atoms with Gasteiger partial charge in [-0.05, 0) is 30.2 Å². The SMILES string of the molecule is CC(C)c1cc(N2CCN(S(=O)(=O)c3ccc(C#N)cc3)CC2)nc(C(C)C)n1. The van der Waals surface area contributed by atoms with Gasteiger partial charge in [-0.3, -0.25) is 0 Å². The first kappa shape index (κ1) is 21.2.